The summed E-state index contributed by atoms with van der Waals surface area (Å²) in [7, 11) is -1.54. The molecule has 6 nitrogen and oxygen atoms in total. The first-order valence-corrected chi connectivity index (χ1v) is 11.5. The lowest BCUT2D eigenvalue weighted by molar-refractivity contribution is 0.0984. The van der Waals surface area contributed by atoms with E-state index in [1.165, 1.54) is 35.0 Å². The quantitative estimate of drug-likeness (QED) is 0.301. The summed E-state index contributed by atoms with van der Waals surface area (Å²) in [6.45, 7) is 0.224. The summed E-state index contributed by atoms with van der Waals surface area (Å²) in [5.74, 6) is -0.169. The standard InChI is InChI=1S/C25H21BFN3O3S/c27-20-9-11-22(12-10-20)30(16-21-6-3-4-14-28-21)25(31)18-8-13-24(29-15-18)34-17-19-5-1-2-7-23(19)26(32)33/h1-15,32-33H,16-17H2. The molecule has 0 aliphatic heterocycles. The van der Waals surface area contributed by atoms with Crippen molar-refractivity contribution >= 4 is 35.9 Å². The van der Waals surface area contributed by atoms with Gasteiger partial charge in [0.05, 0.1) is 22.8 Å². The van der Waals surface area contributed by atoms with Gasteiger partial charge in [-0.25, -0.2) is 9.37 Å². The van der Waals surface area contributed by atoms with Crippen LogP contribution in [0.5, 0.6) is 0 Å². The van der Waals surface area contributed by atoms with Crippen molar-refractivity contribution < 1.29 is 19.2 Å². The molecule has 0 spiro atoms. The molecule has 170 valence electrons. The van der Waals surface area contributed by atoms with Gasteiger partial charge < -0.3 is 14.9 Å². The average Bonchev–Trinajstić information content (AvgIpc) is 2.87. The third-order valence-corrected chi connectivity index (χ3v) is 6.11. The van der Waals surface area contributed by atoms with Crippen LogP contribution >= 0.6 is 11.8 Å². The Morgan fingerprint density at radius 1 is 0.941 bits per heavy atom. The fraction of sp³-hybridized carbons (Fsp3) is 0.0800. The predicted octanol–water partition coefficient (Wildman–Crippen LogP) is 3.43. The molecule has 0 bridgehead atoms. The largest absolute Gasteiger partial charge is 0.488 e. The monoisotopic (exact) mass is 473 g/mol. The molecule has 0 fully saturated rings. The van der Waals surface area contributed by atoms with E-state index in [0.29, 0.717) is 33.2 Å². The van der Waals surface area contributed by atoms with Gasteiger partial charge in [-0.2, -0.15) is 0 Å². The fourth-order valence-corrected chi connectivity index (χ4v) is 4.23. The van der Waals surface area contributed by atoms with Gasteiger partial charge in [-0.05, 0) is 59.6 Å². The van der Waals surface area contributed by atoms with Gasteiger partial charge in [0.15, 0.2) is 0 Å². The van der Waals surface area contributed by atoms with E-state index in [1.54, 1.807) is 48.7 Å². The molecule has 2 aromatic heterocycles. The Morgan fingerprint density at radius 2 is 1.71 bits per heavy atom. The molecule has 4 aromatic rings. The number of hydrogen-bond acceptors (Lipinski definition) is 6. The van der Waals surface area contributed by atoms with Crippen LogP contribution in [-0.4, -0.2) is 33.0 Å². The van der Waals surface area contributed by atoms with E-state index in [-0.39, 0.29) is 18.3 Å². The van der Waals surface area contributed by atoms with Crippen LogP contribution in [0.15, 0.2) is 96.3 Å². The second kappa shape index (κ2) is 11.1. The third kappa shape index (κ3) is 5.88. The second-order valence-corrected chi connectivity index (χ2v) is 8.43. The van der Waals surface area contributed by atoms with E-state index in [1.807, 2.05) is 24.3 Å². The van der Waals surface area contributed by atoms with Crippen molar-refractivity contribution in [1.82, 2.24) is 9.97 Å². The van der Waals surface area contributed by atoms with Crippen molar-refractivity contribution in [3.8, 4) is 0 Å². The maximum Gasteiger partial charge on any atom is 0.488 e. The van der Waals surface area contributed by atoms with Crippen molar-refractivity contribution in [2.24, 2.45) is 0 Å². The highest BCUT2D eigenvalue weighted by Gasteiger charge is 2.20. The molecule has 2 heterocycles. The maximum atomic E-state index is 13.5. The van der Waals surface area contributed by atoms with Crippen LogP contribution in [0, 0.1) is 5.82 Å². The van der Waals surface area contributed by atoms with E-state index in [0.717, 1.165) is 5.56 Å². The average molecular weight is 473 g/mol. The van der Waals surface area contributed by atoms with Gasteiger partial charge in [0, 0.05) is 23.8 Å². The van der Waals surface area contributed by atoms with Gasteiger partial charge in [-0.15, -0.1) is 11.8 Å². The summed E-state index contributed by atoms with van der Waals surface area (Å²) in [6.07, 6.45) is 3.16. The van der Waals surface area contributed by atoms with Gasteiger partial charge >= 0.3 is 7.12 Å². The van der Waals surface area contributed by atoms with Crippen molar-refractivity contribution in [3.05, 3.63) is 114 Å². The number of pyridine rings is 2. The molecule has 1 amide bonds. The molecule has 34 heavy (non-hydrogen) atoms. The summed E-state index contributed by atoms with van der Waals surface area (Å²) >= 11 is 1.42. The van der Waals surface area contributed by atoms with E-state index in [2.05, 4.69) is 9.97 Å². The van der Waals surface area contributed by atoms with E-state index in [4.69, 9.17) is 0 Å². The zero-order valence-electron chi connectivity index (χ0n) is 18.1. The molecule has 0 unspecified atom stereocenters. The Labute approximate surface area is 201 Å². The van der Waals surface area contributed by atoms with E-state index >= 15 is 0 Å². The minimum atomic E-state index is -1.54. The first kappa shape index (κ1) is 23.6. The summed E-state index contributed by atoms with van der Waals surface area (Å²) in [4.78, 5) is 23.6. The van der Waals surface area contributed by atoms with Crippen LogP contribution < -0.4 is 10.4 Å². The minimum absolute atomic E-state index is 0.224. The lowest BCUT2D eigenvalue weighted by atomic mass is 9.77. The highest BCUT2D eigenvalue weighted by atomic mass is 32.2. The van der Waals surface area contributed by atoms with Gasteiger partial charge in [0.25, 0.3) is 5.91 Å². The topological polar surface area (TPSA) is 86.5 Å². The number of hydrogen-bond donors (Lipinski definition) is 2. The van der Waals surface area contributed by atoms with Crippen molar-refractivity contribution in [2.45, 2.75) is 17.3 Å². The third-order valence-electron chi connectivity index (χ3n) is 5.12. The number of amides is 1. The number of benzene rings is 2. The summed E-state index contributed by atoms with van der Waals surface area (Å²) in [5.41, 5.74) is 2.88. The summed E-state index contributed by atoms with van der Waals surface area (Å²) < 4.78 is 13.5. The Balaban J connectivity index is 1.51. The maximum absolute atomic E-state index is 13.5. The smallest absolute Gasteiger partial charge is 0.423 e. The number of aromatic nitrogens is 2. The zero-order chi connectivity index (χ0) is 23.9. The first-order chi connectivity index (χ1) is 16.5. The second-order valence-electron chi connectivity index (χ2n) is 7.44. The van der Waals surface area contributed by atoms with Crippen molar-refractivity contribution in [1.29, 1.82) is 0 Å². The van der Waals surface area contributed by atoms with E-state index < -0.39 is 7.12 Å². The number of nitrogens with zero attached hydrogens (tertiary/aromatic N) is 3. The van der Waals surface area contributed by atoms with Crippen molar-refractivity contribution in [2.75, 3.05) is 4.90 Å². The summed E-state index contributed by atoms with van der Waals surface area (Å²) in [6, 6.07) is 21.7. The van der Waals surface area contributed by atoms with Gasteiger partial charge in [-0.3, -0.25) is 9.78 Å². The molecule has 0 atom stereocenters. The van der Waals surface area contributed by atoms with Crippen LogP contribution in [0.1, 0.15) is 21.6 Å². The molecule has 2 aromatic carbocycles. The number of thioether (sulfide) groups is 1. The highest BCUT2D eigenvalue weighted by molar-refractivity contribution is 7.98. The Kier molecular flexibility index (Phi) is 7.69. The molecule has 2 N–H and O–H groups in total. The molecular formula is C25H21BFN3O3S. The molecule has 0 radical (unpaired) electrons. The molecule has 0 aliphatic rings. The van der Waals surface area contributed by atoms with Crippen LogP contribution in [-0.2, 0) is 12.3 Å². The van der Waals surface area contributed by atoms with Gasteiger partial charge in [0.1, 0.15) is 5.82 Å². The fourth-order valence-electron chi connectivity index (χ4n) is 3.37. The number of carbonyl (C=O) groups excluding carboxylic acids is 1. The van der Waals surface area contributed by atoms with E-state index in [9.17, 15) is 19.2 Å². The number of anilines is 1. The Hall–Kier alpha value is -3.53. The number of rotatable bonds is 8. The summed E-state index contributed by atoms with van der Waals surface area (Å²) in [5, 5.41) is 19.8. The molecule has 0 saturated carbocycles. The lowest BCUT2D eigenvalue weighted by Gasteiger charge is -2.22. The Morgan fingerprint density at radius 3 is 2.38 bits per heavy atom. The molecule has 0 saturated heterocycles. The van der Waals surface area contributed by atoms with Gasteiger partial charge in [-0.1, -0.05) is 30.3 Å². The van der Waals surface area contributed by atoms with Crippen LogP contribution in [0.25, 0.3) is 0 Å². The number of halogens is 1. The SMILES string of the molecule is O=C(c1ccc(SCc2ccccc2B(O)O)nc1)N(Cc1ccccn1)c1ccc(F)cc1. The van der Waals surface area contributed by atoms with Crippen molar-refractivity contribution in [3.63, 3.8) is 0 Å². The van der Waals surface area contributed by atoms with Gasteiger partial charge in [0.2, 0.25) is 0 Å². The lowest BCUT2D eigenvalue weighted by Crippen LogP contribution is -2.32. The minimum Gasteiger partial charge on any atom is -0.423 e. The first-order valence-electron chi connectivity index (χ1n) is 10.5. The highest BCUT2D eigenvalue weighted by Crippen LogP contribution is 2.23. The van der Waals surface area contributed by atoms with Crippen LogP contribution in [0.4, 0.5) is 10.1 Å². The van der Waals surface area contributed by atoms with Crippen LogP contribution in [0.3, 0.4) is 0 Å². The predicted molar refractivity (Wildman–Crippen MR) is 131 cm³/mol. The Bertz CT molecular complexity index is 1240. The molecule has 9 heteroatoms. The zero-order valence-corrected chi connectivity index (χ0v) is 18.9. The number of carbonyl (C=O) groups is 1. The molecule has 0 aliphatic carbocycles. The normalized spacial score (nSPS) is 10.7. The molecule has 4 rings (SSSR count). The molecular weight excluding hydrogens is 452 g/mol. The van der Waals surface area contributed by atoms with Crippen LogP contribution in [0.2, 0.25) is 0 Å².